The van der Waals surface area contributed by atoms with Gasteiger partial charge in [0.2, 0.25) is 5.91 Å². The number of carbonyl (C=O) groups is 1. The van der Waals surface area contributed by atoms with Crippen LogP contribution in [0.2, 0.25) is 0 Å². The van der Waals surface area contributed by atoms with E-state index in [4.69, 9.17) is 4.98 Å². The second kappa shape index (κ2) is 8.59. The first kappa shape index (κ1) is 18.1. The van der Waals surface area contributed by atoms with Gasteiger partial charge in [0.1, 0.15) is 5.01 Å². The highest BCUT2D eigenvalue weighted by Gasteiger charge is 2.08. The standard InChI is InChI=1S/C23H19N3OS/c27-22(10-9-17-5-2-1-3-6-17)25-20-8-4-7-19(15-20)21-16-28-23(26-21)18-11-13-24-14-12-18/h1-8,11-16H,9-10H2,(H,25,27). The minimum atomic E-state index is 0.0109. The van der Waals surface area contributed by atoms with Crippen LogP contribution in [0.5, 0.6) is 0 Å². The number of pyridine rings is 1. The lowest BCUT2D eigenvalue weighted by Crippen LogP contribution is -2.12. The summed E-state index contributed by atoms with van der Waals surface area (Å²) < 4.78 is 0. The molecule has 0 aliphatic carbocycles. The number of carbonyl (C=O) groups excluding carboxylic acids is 1. The van der Waals surface area contributed by atoms with Crippen LogP contribution in [0, 0.1) is 0 Å². The van der Waals surface area contributed by atoms with Crippen molar-refractivity contribution in [3.8, 4) is 21.8 Å². The van der Waals surface area contributed by atoms with Crippen LogP contribution in [0.15, 0.2) is 84.5 Å². The Hall–Kier alpha value is -3.31. The average Bonchev–Trinajstić information content (AvgIpc) is 3.24. The molecule has 28 heavy (non-hydrogen) atoms. The smallest absolute Gasteiger partial charge is 0.224 e. The Labute approximate surface area is 167 Å². The third-order valence-corrected chi connectivity index (χ3v) is 5.25. The van der Waals surface area contributed by atoms with E-state index >= 15 is 0 Å². The molecule has 0 saturated carbocycles. The molecule has 0 saturated heterocycles. The van der Waals surface area contributed by atoms with E-state index in [1.54, 1.807) is 23.7 Å². The van der Waals surface area contributed by atoms with E-state index < -0.39 is 0 Å². The van der Waals surface area contributed by atoms with Crippen molar-refractivity contribution in [1.82, 2.24) is 9.97 Å². The molecule has 2 aromatic carbocycles. The lowest BCUT2D eigenvalue weighted by molar-refractivity contribution is -0.116. The van der Waals surface area contributed by atoms with Crippen molar-refractivity contribution in [2.75, 3.05) is 5.32 Å². The number of aromatic nitrogens is 2. The van der Waals surface area contributed by atoms with Gasteiger partial charge in [-0.05, 0) is 36.2 Å². The largest absolute Gasteiger partial charge is 0.326 e. The maximum absolute atomic E-state index is 12.3. The Morgan fingerprint density at radius 3 is 2.57 bits per heavy atom. The first-order chi connectivity index (χ1) is 13.8. The van der Waals surface area contributed by atoms with Gasteiger partial charge in [-0.1, -0.05) is 42.5 Å². The lowest BCUT2D eigenvalue weighted by Gasteiger charge is -2.07. The van der Waals surface area contributed by atoms with E-state index in [0.717, 1.165) is 39.5 Å². The summed E-state index contributed by atoms with van der Waals surface area (Å²) in [5.74, 6) is 0.0109. The highest BCUT2D eigenvalue weighted by molar-refractivity contribution is 7.13. The predicted molar refractivity (Wildman–Crippen MR) is 114 cm³/mol. The van der Waals surface area contributed by atoms with Gasteiger partial charge >= 0.3 is 0 Å². The Kier molecular flexibility index (Phi) is 5.54. The minimum Gasteiger partial charge on any atom is -0.326 e. The number of aryl methyl sites for hydroxylation is 1. The van der Waals surface area contributed by atoms with Gasteiger partial charge in [0.05, 0.1) is 5.69 Å². The van der Waals surface area contributed by atoms with E-state index in [0.29, 0.717) is 6.42 Å². The van der Waals surface area contributed by atoms with E-state index in [1.165, 1.54) is 0 Å². The van der Waals surface area contributed by atoms with Crippen molar-refractivity contribution in [2.45, 2.75) is 12.8 Å². The first-order valence-corrected chi connectivity index (χ1v) is 9.96. The molecule has 1 amide bonds. The second-order valence-corrected chi connectivity index (χ2v) is 7.25. The van der Waals surface area contributed by atoms with Gasteiger partial charge in [-0.25, -0.2) is 4.98 Å². The molecule has 2 aromatic heterocycles. The number of amides is 1. The molecule has 0 unspecified atom stereocenters. The van der Waals surface area contributed by atoms with E-state index in [-0.39, 0.29) is 5.91 Å². The van der Waals surface area contributed by atoms with Crippen molar-refractivity contribution in [3.63, 3.8) is 0 Å². The summed E-state index contributed by atoms with van der Waals surface area (Å²) in [4.78, 5) is 21.1. The summed E-state index contributed by atoms with van der Waals surface area (Å²) in [6.45, 7) is 0. The minimum absolute atomic E-state index is 0.0109. The SMILES string of the molecule is O=C(CCc1ccccc1)Nc1cccc(-c2csc(-c3ccncc3)n2)c1. The van der Waals surface area contributed by atoms with Crippen molar-refractivity contribution in [2.24, 2.45) is 0 Å². The number of nitrogens with zero attached hydrogens (tertiary/aromatic N) is 2. The van der Waals surface area contributed by atoms with Crippen LogP contribution in [0.4, 0.5) is 5.69 Å². The van der Waals surface area contributed by atoms with Crippen LogP contribution in [0.25, 0.3) is 21.8 Å². The summed E-state index contributed by atoms with van der Waals surface area (Å²) >= 11 is 1.60. The fourth-order valence-electron chi connectivity index (χ4n) is 2.92. The third kappa shape index (κ3) is 4.50. The summed E-state index contributed by atoms with van der Waals surface area (Å²) in [7, 11) is 0. The first-order valence-electron chi connectivity index (χ1n) is 9.08. The molecule has 4 nitrogen and oxygen atoms in total. The lowest BCUT2D eigenvalue weighted by atomic mass is 10.1. The van der Waals surface area contributed by atoms with Crippen molar-refractivity contribution >= 4 is 22.9 Å². The Bertz CT molecular complexity index is 1060. The van der Waals surface area contributed by atoms with Crippen LogP contribution in [-0.2, 0) is 11.2 Å². The fourth-order valence-corrected chi connectivity index (χ4v) is 3.75. The molecule has 4 rings (SSSR count). The topological polar surface area (TPSA) is 54.9 Å². The molecular formula is C23H19N3OS. The molecule has 0 spiro atoms. The van der Waals surface area contributed by atoms with Gasteiger partial charge in [-0.2, -0.15) is 0 Å². The van der Waals surface area contributed by atoms with Crippen LogP contribution in [0.3, 0.4) is 0 Å². The van der Waals surface area contributed by atoms with Gasteiger partial charge in [-0.15, -0.1) is 11.3 Å². The number of anilines is 1. The normalized spacial score (nSPS) is 10.6. The van der Waals surface area contributed by atoms with Gasteiger partial charge in [-0.3, -0.25) is 9.78 Å². The zero-order chi connectivity index (χ0) is 19.2. The van der Waals surface area contributed by atoms with Gasteiger partial charge < -0.3 is 5.32 Å². The Morgan fingerprint density at radius 2 is 1.75 bits per heavy atom. The average molecular weight is 385 g/mol. The van der Waals surface area contributed by atoms with Crippen LogP contribution in [0.1, 0.15) is 12.0 Å². The Morgan fingerprint density at radius 1 is 0.929 bits per heavy atom. The molecule has 138 valence electrons. The number of hydrogen-bond acceptors (Lipinski definition) is 4. The van der Waals surface area contributed by atoms with Crippen LogP contribution < -0.4 is 5.32 Å². The van der Waals surface area contributed by atoms with Gasteiger partial charge in [0.15, 0.2) is 0 Å². The monoisotopic (exact) mass is 385 g/mol. The van der Waals surface area contributed by atoms with Gasteiger partial charge in [0.25, 0.3) is 0 Å². The Balaban J connectivity index is 1.43. The van der Waals surface area contributed by atoms with E-state index in [9.17, 15) is 4.79 Å². The molecule has 0 atom stereocenters. The molecule has 0 aliphatic heterocycles. The van der Waals surface area contributed by atoms with E-state index in [1.807, 2.05) is 72.1 Å². The summed E-state index contributed by atoms with van der Waals surface area (Å²) in [5, 5.41) is 5.98. The summed E-state index contributed by atoms with van der Waals surface area (Å²) in [5.41, 5.74) is 4.89. The maximum Gasteiger partial charge on any atom is 0.224 e. The number of nitrogens with one attached hydrogen (secondary N) is 1. The van der Waals surface area contributed by atoms with Gasteiger partial charge in [0, 0.05) is 41.0 Å². The highest BCUT2D eigenvalue weighted by Crippen LogP contribution is 2.29. The van der Waals surface area contributed by atoms with Crippen molar-refractivity contribution < 1.29 is 4.79 Å². The summed E-state index contributed by atoms with van der Waals surface area (Å²) in [6.07, 6.45) is 4.72. The molecule has 2 heterocycles. The molecule has 1 N–H and O–H groups in total. The van der Waals surface area contributed by atoms with Crippen LogP contribution >= 0.6 is 11.3 Å². The number of thiazole rings is 1. The summed E-state index contributed by atoms with van der Waals surface area (Å²) in [6, 6.07) is 21.7. The van der Waals surface area contributed by atoms with Crippen molar-refractivity contribution in [1.29, 1.82) is 0 Å². The van der Waals surface area contributed by atoms with Crippen LogP contribution in [-0.4, -0.2) is 15.9 Å². The predicted octanol–water partition coefficient (Wildman–Crippen LogP) is 5.44. The number of rotatable bonds is 6. The maximum atomic E-state index is 12.3. The fraction of sp³-hybridized carbons (Fsp3) is 0.0870. The quantitative estimate of drug-likeness (QED) is 0.481. The highest BCUT2D eigenvalue weighted by atomic mass is 32.1. The molecule has 0 bridgehead atoms. The molecule has 0 radical (unpaired) electrons. The van der Waals surface area contributed by atoms with Crippen molar-refractivity contribution in [3.05, 3.63) is 90.1 Å². The molecule has 0 aliphatic rings. The second-order valence-electron chi connectivity index (χ2n) is 6.39. The zero-order valence-corrected chi connectivity index (χ0v) is 16.0. The number of hydrogen-bond donors (Lipinski definition) is 1. The zero-order valence-electron chi connectivity index (χ0n) is 15.2. The molecule has 5 heteroatoms. The van der Waals surface area contributed by atoms with E-state index in [2.05, 4.69) is 10.3 Å². The third-order valence-electron chi connectivity index (χ3n) is 4.36. The molecule has 4 aromatic rings. The number of benzene rings is 2. The molecule has 0 fully saturated rings. The molecular weight excluding hydrogens is 366 g/mol.